The Kier molecular flexibility index (Phi) is 9.25. The normalized spacial score (nSPS) is 14.7. The smallest absolute Gasteiger partial charge is 0.416 e. The number of hydrogen-bond donors (Lipinski definition) is 0. The number of benzene rings is 2. The Morgan fingerprint density at radius 2 is 1.83 bits per heavy atom. The fraction of sp³-hybridized carbons (Fsp3) is 0.417. The van der Waals surface area contributed by atoms with Gasteiger partial charge in [-0.2, -0.15) is 13.2 Å². The lowest BCUT2D eigenvalue weighted by Crippen LogP contribution is -2.30. The Labute approximate surface area is 183 Å². The van der Waals surface area contributed by atoms with E-state index in [-0.39, 0.29) is 12.4 Å². The Morgan fingerprint density at radius 3 is 2.47 bits per heavy atom. The molecule has 164 valence electrons. The summed E-state index contributed by atoms with van der Waals surface area (Å²) in [5.41, 5.74) is 2.36. The van der Waals surface area contributed by atoms with Crippen molar-refractivity contribution in [2.75, 3.05) is 26.2 Å². The maximum absolute atomic E-state index is 12.9. The molecule has 0 fully saturated rings. The van der Waals surface area contributed by atoms with Crippen molar-refractivity contribution in [3.8, 4) is 5.75 Å². The van der Waals surface area contributed by atoms with E-state index in [0.29, 0.717) is 5.56 Å². The molecule has 0 saturated heterocycles. The van der Waals surface area contributed by atoms with Crippen LogP contribution in [-0.2, 0) is 12.6 Å². The molecule has 0 aromatic heterocycles. The van der Waals surface area contributed by atoms with Crippen LogP contribution in [0.3, 0.4) is 0 Å². The fourth-order valence-corrected chi connectivity index (χ4v) is 3.45. The Balaban J connectivity index is 0.00000320. The number of hydrogen-bond acceptors (Lipinski definition) is 2. The SMILES string of the molecule is CCCCOc1ccc(CCN2CC=C(c3cccc(C(F)(F)F)c3)CC2)cc1.Cl. The largest absolute Gasteiger partial charge is 0.494 e. The summed E-state index contributed by atoms with van der Waals surface area (Å²) in [7, 11) is 0. The van der Waals surface area contributed by atoms with E-state index in [9.17, 15) is 13.2 Å². The highest BCUT2D eigenvalue weighted by atomic mass is 35.5. The molecule has 30 heavy (non-hydrogen) atoms. The first-order valence-electron chi connectivity index (χ1n) is 10.3. The summed E-state index contributed by atoms with van der Waals surface area (Å²) in [6.07, 6.45) is 1.66. The van der Waals surface area contributed by atoms with Crippen molar-refractivity contribution < 1.29 is 17.9 Å². The third-order valence-electron chi connectivity index (χ3n) is 5.26. The molecule has 2 nitrogen and oxygen atoms in total. The van der Waals surface area contributed by atoms with Gasteiger partial charge in [0, 0.05) is 19.6 Å². The Bertz CT molecular complexity index is 818. The predicted octanol–water partition coefficient (Wildman–Crippen LogP) is 6.64. The predicted molar refractivity (Wildman–Crippen MR) is 118 cm³/mol. The number of unbranched alkanes of at least 4 members (excludes halogenated alkanes) is 1. The lowest BCUT2D eigenvalue weighted by molar-refractivity contribution is -0.137. The van der Waals surface area contributed by atoms with Gasteiger partial charge in [-0.05, 0) is 60.2 Å². The average molecular weight is 440 g/mol. The van der Waals surface area contributed by atoms with Crippen LogP contribution in [-0.4, -0.2) is 31.1 Å². The lowest BCUT2D eigenvalue weighted by Gasteiger charge is -2.26. The minimum Gasteiger partial charge on any atom is -0.494 e. The summed E-state index contributed by atoms with van der Waals surface area (Å²) in [5, 5.41) is 0. The summed E-state index contributed by atoms with van der Waals surface area (Å²) in [5.74, 6) is 0.911. The van der Waals surface area contributed by atoms with Crippen molar-refractivity contribution >= 4 is 18.0 Å². The van der Waals surface area contributed by atoms with Gasteiger partial charge in [0.15, 0.2) is 0 Å². The molecule has 3 rings (SSSR count). The van der Waals surface area contributed by atoms with Crippen LogP contribution in [0, 0.1) is 0 Å². The first-order chi connectivity index (χ1) is 14.0. The molecular weight excluding hydrogens is 411 g/mol. The summed E-state index contributed by atoms with van der Waals surface area (Å²) in [6.45, 7) is 5.46. The second-order valence-corrected chi connectivity index (χ2v) is 7.45. The number of halogens is 4. The summed E-state index contributed by atoms with van der Waals surface area (Å²) >= 11 is 0. The van der Waals surface area contributed by atoms with Crippen molar-refractivity contribution in [1.82, 2.24) is 4.90 Å². The summed E-state index contributed by atoms with van der Waals surface area (Å²) < 4.78 is 44.5. The molecule has 1 aliphatic heterocycles. The second kappa shape index (κ2) is 11.4. The van der Waals surface area contributed by atoms with Crippen LogP contribution in [0.15, 0.2) is 54.6 Å². The lowest BCUT2D eigenvalue weighted by atomic mass is 9.97. The van der Waals surface area contributed by atoms with Gasteiger partial charge >= 0.3 is 6.18 Å². The molecule has 6 heteroatoms. The minimum atomic E-state index is -4.30. The van der Waals surface area contributed by atoms with E-state index in [4.69, 9.17) is 4.74 Å². The van der Waals surface area contributed by atoms with Crippen molar-refractivity contribution in [3.05, 3.63) is 71.3 Å². The van der Waals surface area contributed by atoms with Crippen LogP contribution < -0.4 is 4.74 Å². The Hall–Kier alpha value is -1.98. The zero-order chi connectivity index (χ0) is 20.7. The highest BCUT2D eigenvalue weighted by Crippen LogP contribution is 2.32. The van der Waals surface area contributed by atoms with Crippen molar-refractivity contribution in [2.24, 2.45) is 0 Å². The van der Waals surface area contributed by atoms with Gasteiger partial charge < -0.3 is 4.74 Å². The standard InChI is InChI=1S/C24H28F3NO.ClH/c1-2-3-17-29-23-9-7-19(8-10-23)11-14-28-15-12-20(13-16-28)21-5-4-6-22(18-21)24(25,26)27;/h4-10,12,18H,2-3,11,13-17H2,1H3;1H. The maximum atomic E-state index is 12.9. The molecule has 0 unspecified atom stereocenters. The van der Waals surface area contributed by atoms with Crippen molar-refractivity contribution in [3.63, 3.8) is 0 Å². The number of alkyl halides is 3. The van der Waals surface area contributed by atoms with Crippen LogP contribution in [0.1, 0.15) is 42.9 Å². The Morgan fingerprint density at radius 1 is 1.07 bits per heavy atom. The molecule has 0 N–H and O–H groups in total. The van der Waals surface area contributed by atoms with Gasteiger partial charge in [0.05, 0.1) is 12.2 Å². The highest BCUT2D eigenvalue weighted by Gasteiger charge is 2.30. The average Bonchev–Trinajstić information content (AvgIpc) is 2.73. The summed E-state index contributed by atoms with van der Waals surface area (Å²) in [6, 6.07) is 13.9. The van der Waals surface area contributed by atoms with E-state index in [0.717, 1.165) is 69.3 Å². The number of nitrogens with zero attached hydrogens (tertiary/aromatic N) is 1. The topological polar surface area (TPSA) is 12.5 Å². The van der Waals surface area contributed by atoms with Crippen LogP contribution in [0.5, 0.6) is 5.75 Å². The van der Waals surface area contributed by atoms with Crippen LogP contribution in [0.4, 0.5) is 13.2 Å². The molecule has 0 radical (unpaired) electrons. The third-order valence-corrected chi connectivity index (χ3v) is 5.26. The first kappa shape index (κ1) is 24.3. The van der Waals surface area contributed by atoms with Crippen LogP contribution in [0.25, 0.3) is 5.57 Å². The van der Waals surface area contributed by atoms with E-state index >= 15 is 0 Å². The molecule has 1 aliphatic rings. The highest BCUT2D eigenvalue weighted by molar-refractivity contribution is 5.85. The van der Waals surface area contributed by atoms with Gasteiger partial charge in [-0.25, -0.2) is 0 Å². The second-order valence-electron chi connectivity index (χ2n) is 7.45. The number of ether oxygens (including phenoxy) is 1. The fourth-order valence-electron chi connectivity index (χ4n) is 3.45. The third kappa shape index (κ3) is 7.06. The molecule has 0 amide bonds. The van der Waals surface area contributed by atoms with Crippen molar-refractivity contribution in [1.29, 1.82) is 0 Å². The van der Waals surface area contributed by atoms with Gasteiger partial charge in [0.1, 0.15) is 5.75 Å². The van der Waals surface area contributed by atoms with Gasteiger partial charge in [-0.15, -0.1) is 12.4 Å². The van der Waals surface area contributed by atoms with E-state index in [1.54, 1.807) is 6.07 Å². The molecule has 0 atom stereocenters. The number of rotatable bonds is 8. The maximum Gasteiger partial charge on any atom is 0.416 e. The van der Waals surface area contributed by atoms with E-state index in [1.165, 1.54) is 17.7 Å². The van der Waals surface area contributed by atoms with Gasteiger partial charge in [-0.3, -0.25) is 4.90 Å². The molecule has 1 heterocycles. The molecule has 2 aromatic carbocycles. The van der Waals surface area contributed by atoms with Gasteiger partial charge in [0.2, 0.25) is 0 Å². The van der Waals surface area contributed by atoms with Crippen LogP contribution in [0.2, 0.25) is 0 Å². The molecular formula is C24H29ClF3NO. The quantitative estimate of drug-likeness (QED) is 0.427. The van der Waals surface area contributed by atoms with Gasteiger partial charge in [-0.1, -0.05) is 43.7 Å². The van der Waals surface area contributed by atoms with Crippen LogP contribution >= 0.6 is 12.4 Å². The molecule has 0 spiro atoms. The molecule has 0 saturated carbocycles. The van der Waals surface area contributed by atoms with E-state index in [1.807, 2.05) is 12.1 Å². The molecule has 2 aromatic rings. The molecule has 0 aliphatic carbocycles. The van der Waals surface area contributed by atoms with Crippen molar-refractivity contribution in [2.45, 2.75) is 38.8 Å². The van der Waals surface area contributed by atoms with Gasteiger partial charge in [0.25, 0.3) is 0 Å². The monoisotopic (exact) mass is 439 g/mol. The minimum absolute atomic E-state index is 0. The zero-order valence-corrected chi connectivity index (χ0v) is 18.1. The first-order valence-corrected chi connectivity index (χ1v) is 10.3. The van der Waals surface area contributed by atoms with E-state index in [2.05, 4.69) is 30.0 Å². The summed E-state index contributed by atoms with van der Waals surface area (Å²) in [4.78, 5) is 2.34. The molecule has 0 bridgehead atoms. The van der Waals surface area contributed by atoms with E-state index < -0.39 is 11.7 Å². The zero-order valence-electron chi connectivity index (χ0n) is 17.3.